The smallest absolute Gasteiger partial charge is 0.372 e. The number of pyridine rings is 1. The Labute approximate surface area is 213 Å². The molecule has 3 fully saturated rings. The van der Waals surface area contributed by atoms with E-state index in [1.165, 1.54) is 5.56 Å². The summed E-state index contributed by atoms with van der Waals surface area (Å²) in [5.74, 6) is -3.00. The Morgan fingerprint density at radius 3 is 2.43 bits per heavy atom. The Balaban J connectivity index is 0.000000275. The molecule has 37 heavy (non-hydrogen) atoms. The zero-order valence-electron chi connectivity index (χ0n) is 20.2. The summed E-state index contributed by atoms with van der Waals surface area (Å²) in [6.07, 6.45) is 6.08. The van der Waals surface area contributed by atoms with Crippen LogP contribution in [0.25, 0.3) is 11.0 Å². The van der Waals surface area contributed by atoms with Crippen LogP contribution in [-0.4, -0.2) is 68.9 Å². The topological polar surface area (TPSA) is 150 Å². The first kappa shape index (κ1) is 26.0. The predicted molar refractivity (Wildman–Crippen MR) is 133 cm³/mol. The normalized spacial score (nSPS) is 22.1. The van der Waals surface area contributed by atoms with Crippen LogP contribution in [0, 0.1) is 5.92 Å². The standard InChI is InChI=1S/C22H23N3O2.C5H6O5/c26-22(20-13-17-5-1-2-6-19(17)27-20)24-21-16-7-10-25(11-8-16)18(21)12-15-4-3-9-23-14-15;6-3(5(9)10)1-2-4(7)8/h1-6,9,13-14,16,18,21H,7-8,10-12H2,(H,24,26);1-2H2,(H,7,8)(H,9,10)/t18-,21+;/m0./s1. The minimum Gasteiger partial charge on any atom is -0.481 e. The van der Waals surface area contributed by atoms with Gasteiger partial charge in [0.15, 0.2) is 5.76 Å². The summed E-state index contributed by atoms with van der Waals surface area (Å²) < 4.78 is 5.77. The number of amides is 1. The number of Topliss-reactive ketones (excluding diaryl/α,β-unsaturated/α-hetero) is 1. The molecule has 5 heterocycles. The Kier molecular flexibility index (Phi) is 8.29. The minimum atomic E-state index is -1.58. The van der Waals surface area contributed by atoms with Crippen molar-refractivity contribution in [2.45, 2.75) is 44.2 Å². The quantitative estimate of drug-likeness (QED) is 0.391. The van der Waals surface area contributed by atoms with E-state index in [0.29, 0.717) is 17.7 Å². The highest BCUT2D eigenvalue weighted by Gasteiger charge is 2.43. The van der Waals surface area contributed by atoms with E-state index in [9.17, 15) is 19.2 Å². The zero-order valence-corrected chi connectivity index (χ0v) is 20.2. The molecule has 0 aliphatic carbocycles. The van der Waals surface area contributed by atoms with Gasteiger partial charge in [0.05, 0.1) is 6.42 Å². The lowest BCUT2D eigenvalue weighted by molar-refractivity contribution is -0.149. The third kappa shape index (κ3) is 6.59. The number of carbonyl (C=O) groups is 4. The first-order valence-electron chi connectivity index (χ1n) is 12.2. The average Bonchev–Trinajstić information content (AvgIpc) is 3.35. The van der Waals surface area contributed by atoms with Crippen molar-refractivity contribution in [3.63, 3.8) is 0 Å². The summed E-state index contributed by atoms with van der Waals surface area (Å²) >= 11 is 0. The van der Waals surface area contributed by atoms with Gasteiger partial charge in [0.2, 0.25) is 5.78 Å². The molecule has 2 aromatic heterocycles. The van der Waals surface area contributed by atoms with Crippen molar-refractivity contribution >= 4 is 34.6 Å². The molecule has 3 N–H and O–H groups in total. The van der Waals surface area contributed by atoms with Gasteiger partial charge in [-0.15, -0.1) is 0 Å². The van der Waals surface area contributed by atoms with Gasteiger partial charge in [-0.05, 0) is 62.0 Å². The molecule has 10 nitrogen and oxygen atoms in total. The summed E-state index contributed by atoms with van der Waals surface area (Å²) in [5.41, 5.74) is 1.97. The van der Waals surface area contributed by atoms with Crippen LogP contribution in [0.1, 0.15) is 41.8 Å². The SMILES string of the molecule is O=C(N[C@@H]1C2CCN(CC2)[C@H]1Cc1cccnc1)c1cc2ccccc2o1.O=C(O)CCC(=O)C(=O)O. The number of benzene rings is 1. The maximum Gasteiger partial charge on any atom is 0.372 e. The number of rotatable bonds is 8. The van der Waals surface area contributed by atoms with Crippen LogP contribution in [0.15, 0.2) is 59.3 Å². The number of para-hydroxylation sites is 1. The summed E-state index contributed by atoms with van der Waals surface area (Å²) in [5, 5.41) is 20.2. The molecule has 0 radical (unpaired) electrons. The largest absolute Gasteiger partial charge is 0.481 e. The Morgan fingerprint density at radius 1 is 1.03 bits per heavy atom. The van der Waals surface area contributed by atoms with Crippen LogP contribution >= 0.6 is 0 Å². The number of furan rings is 1. The van der Waals surface area contributed by atoms with Crippen LogP contribution in [0.3, 0.4) is 0 Å². The number of ketones is 1. The maximum atomic E-state index is 12.9. The summed E-state index contributed by atoms with van der Waals surface area (Å²) in [7, 11) is 0. The molecule has 0 unspecified atom stereocenters. The molecule has 0 saturated carbocycles. The third-order valence-corrected chi connectivity index (χ3v) is 6.88. The van der Waals surface area contributed by atoms with Gasteiger partial charge in [-0.2, -0.15) is 0 Å². The molecule has 3 saturated heterocycles. The van der Waals surface area contributed by atoms with E-state index in [1.54, 1.807) is 6.20 Å². The van der Waals surface area contributed by atoms with Gasteiger partial charge in [0.1, 0.15) is 5.58 Å². The van der Waals surface area contributed by atoms with Gasteiger partial charge in [0, 0.05) is 36.3 Å². The lowest BCUT2D eigenvalue weighted by atomic mass is 9.76. The number of aliphatic carboxylic acids is 2. The van der Waals surface area contributed by atoms with Crippen LogP contribution in [0.5, 0.6) is 0 Å². The fourth-order valence-electron chi connectivity index (χ4n) is 5.03. The molecule has 1 amide bonds. The monoisotopic (exact) mass is 507 g/mol. The van der Waals surface area contributed by atoms with Crippen molar-refractivity contribution in [3.05, 3.63) is 66.2 Å². The molecular weight excluding hydrogens is 478 g/mol. The fourth-order valence-corrected chi connectivity index (χ4v) is 5.03. The maximum absolute atomic E-state index is 12.9. The molecule has 3 aliphatic rings. The van der Waals surface area contributed by atoms with Gasteiger partial charge in [-0.3, -0.25) is 24.3 Å². The van der Waals surface area contributed by atoms with Crippen molar-refractivity contribution in [3.8, 4) is 0 Å². The van der Waals surface area contributed by atoms with E-state index in [1.807, 2.05) is 42.6 Å². The number of carboxylic acids is 2. The van der Waals surface area contributed by atoms with Gasteiger partial charge in [-0.25, -0.2) is 4.79 Å². The van der Waals surface area contributed by atoms with E-state index in [4.69, 9.17) is 14.6 Å². The van der Waals surface area contributed by atoms with E-state index in [0.717, 1.165) is 43.3 Å². The molecule has 10 heteroatoms. The van der Waals surface area contributed by atoms with E-state index >= 15 is 0 Å². The van der Waals surface area contributed by atoms with Crippen molar-refractivity contribution in [1.82, 2.24) is 15.2 Å². The van der Waals surface area contributed by atoms with Gasteiger partial charge in [-0.1, -0.05) is 24.3 Å². The van der Waals surface area contributed by atoms with E-state index in [-0.39, 0.29) is 11.9 Å². The molecule has 194 valence electrons. The fraction of sp³-hybridized carbons (Fsp3) is 0.370. The lowest BCUT2D eigenvalue weighted by Crippen LogP contribution is -2.64. The zero-order chi connectivity index (χ0) is 26.4. The highest BCUT2D eigenvalue weighted by molar-refractivity contribution is 6.32. The number of fused-ring (bicyclic) bond motifs is 4. The van der Waals surface area contributed by atoms with Crippen molar-refractivity contribution < 1.29 is 33.8 Å². The van der Waals surface area contributed by atoms with Crippen molar-refractivity contribution in [2.75, 3.05) is 13.1 Å². The van der Waals surface area contributed by atoms with E-state index < -0.39 is 30.6 Å². The first-order chi connectivity index (χ1) is 17.8. The molecule has 2 bridgehead atoms. The highest BCUT2D eigenvalue weighted by atomic mass is 16.4. The van der Waals surface area contributed by atoms with Crippen LogP contribution in [-0.2, 0) is 20.8 Å². The molecule has 1 aromatic carbocycles. The van der Waals surface area contributed by atoms with Gasteiger partial charge in [0.25, 0.3) is 5.91 Å². The van der Waals surface area contributed by atoms with Crippen LogP contribution in [0.2, 0.25) is 0 Å². The van der Waals surface area contributed by atoms with Crippen molar-refractivity contribution in [1.29, 1.82) is 0 Å². The molecular formula is C27H29N3O7. The second kappa shape index (κ2) is 11.8. The Bertz CT molecular complexity index is 1230. The second-order valence-corrected chi connectivity index (χ2v) is 9.28. The summed E-state index contributed by atoms with van der Waals surface area (Å²) in [4.78, 5) is 49.4. The molecule has 3 aromatic rings. The molecule has 6 rings (SSSR count). The van der Waals surface area contributed by atoms with Gasteiger partial charge >= 0.3 is 11.9 Å². The number of carboxylic acid groups (broad SMARTS) is 2. The minimum absolute atomic E-state index is 0.110. The first-order valence-corrected chi connectivity index (χ1v) is 12.2. The Hall–Kier alpha value is -4.05. The van der Waals surface area contributed by atoms with Crippen LogP contribution < -0.4 is 5.32 Å². The second-order valence-electron chi connectivity index (χ2n) is 9.28. The summed E-state index contributed by atoms with van der Waals surface area (Å²) in [6.45, 7) is 2.24. The highest BCUT2D eigenvalue weighted by Crippen LogP contribution is 2.34. The molecule has 0 spiro atoms. The van der Waals surface area contributed by atoms with Gasteiger partial charge < -0.3 is 19.9 Å². The number of nitrogens with zero attached hydrogens (tertiary/aromatic N) is 2. The van der Waals surface area contributed by atoms with E-state index in [2.05, 4.69) is 21.3 Å². The van der Waals surface area contributed by atoms with Crippen LogP contribution in [0.4, 0.5) is 0 Å². The summed E-state index contributed by atoms with van der Waals surface area (Å²) in [6, 6.07) is 14.1. The average molecular weight is 508 g/mol. The number of hydrogen-bond donors (Lipinski definition) is 3. The number of piperidine rings is 3. The number of hydrogen-bond acceptors (Lipinski definition) is 7. The number of nitrogens with one attached hydrogen (secondary N) is 1. The number of aromatic nitrogens is 1. The lowest BCUT2D eigenvalue weighted by Gasteiger charge is -2.51. The number of carbonyl (C=O) groups excluding carboxylic acids is 2. The Morgan fingerprint density at radius 2 is 1.78 bits per heavy atom. The predicted octanol–water partition coefficient (Wildman–Crippen LogP) is 2.77. The molecule has 2 atom stereocenters. The molecule has 3 aliphatic heterocycles. The third-order valence-electron chi connectivity index (χ3n) is 6.88. The van der Waals surface area contributed by atoms with Crippen molar-refractivity contribution in [2.24, 2.45) is 5.92 Å².